The molecule has 0 saturated carbocycles. The first kappa shape index (κ1) is 8.93. The number of aromatic nitrogens is 2. The lowest BCUT2D eigenvalue weighted by Crippen LogP contribution is -2.33. The van der Waals surface area contributed by atoms with Crippen molar-refractivity contribution in [1.82, 2.24) is 14.9 Å². The van der Waals surface area contributed by atoms with Crippen LogP contribution in [-0.2, 0) is 11.3 Å². The Bertz CT molecular complexity index is 399. The second-order valence-electron chi connectivity index (χ2n) is 3.37. The van der Waals surface area contributed by atoms with Gasteiger partial charge in [-0.05, 0) is 6.42 Å². The summed E-state index contributed by atoms with van der Waals surface area (Å²) in [5.74, 6) is 0.0620. The minimum Gasteiger partial charge on any atom is -0.352 e. The summed E-state index contributed by atoms with van der Waals surface area (Å²) in [6.45, 7) is 0.512. The fourth-order valence-electron chi connectivity index (χ4n) is 1.57. The van der Waals surface area contributed by atoms with Gasteiger partial charge in [-0.25, -0.2) is 4.98 Å². The minimum atomic E-state index is -0.0823. The highest BCUT2D eigenvalue weighted by atomic mass is 16.2. The van der Waals surface area contributed by atoms with E-state index < -0.39 is 0 Å². The van der Waals surface area contributed by atoms with Gasteiger partial charge in [0.1, 0.15) is 0 Å². The lowest BCUT2D eigenvalue weighted by molar-refractivity contribution is -0.119. The average Bonchev–Trinajstić information content (AvgIpc) is 2.56. The van der Waals surface area contributed by atoms with Crippen LogP contribution in [0.1, 0.15) is 12.8 Å². The van der Waals surface area contributed by atoms with Crippen LogP contribution in [0.3, 0.4) is 0 Å². The number of rotatable bonds is 2. The van der Waals surface area contributed by atoms with Gasteiger partial charge in [0.25, 0.3) is 5.56 Å². The van der Waals surface area contributed by atoms with Crippen molar-refractivity contribution in [3.05, 3.63) is 28.9 Å². The SMILES string of the molecule is O=C1CCC(Cn2cnccc2=O)N1. The molecule has 1 N–H and O–H groups in total. The summed E-state index contributed by atoms with van der Waals surface area (Å²) in [4.78, 5) is 26.1. The Morgan fingerprint density at radius 1 is 1.57 bits per heavy atom. The Morgan fingerprint density at radius 2 is 2.43 bits per heavy atom. The Balaban J connectivity index is 2.08. The van der Waals surface area contributed by atoms with Gasteiger partial charge in [-0.2, -0.15) is 0 Å². The van der Waals surface area contributed by atoms with Gasteiger partial charge in [0.05, 0.1) is 6.33 Å². The van der Waals surface area contributed by atoms with E-state index in [1.54, 1.807) is 0 Å². The van der Waals surface area contributed by atoms with E-state index in [1.165, 1.54) is 23.2 Å². The van der Waals surface area contributed by atoms with Crippen molar-refractivity contribution in [2.75, 3.05) is 0 Å². The highest BCUT2D eigenvalue weighted by Gasteiger charge is 2.20. The number of nitrogens with one attached hydrogen (secondary N) is 1. The van der Waals surface area contributed by atoms with Gasteiger partial charge in [0.15, 0.2) is 0 Å². The summed E-state index contributed by atoms with van der Waals surface area (Å²) in [5.41, 5.74) is -0.0823. The molecule has 0 aromatic carbocycles. The molecule has 1 saturated heterocycles. The van der Waals surface area contributed by atoms with Crippen molar-refractivity contribution in [1.29, 1.82) is 0 Å². The lowest BCUT2D eigenvalue weighted by Gasteiger charge is -2.10. The maximum Gasteiger partial charge on any atom is 0.253 e. The van der Waals surface area contributed by atoms with Gasteiger partial charge in [0, 0.05) is 31.3 Å². The summed E-state index contributed by atoms with van der Waals surface area (Å²) in [6, 6.07) is 1.49. The molecule has 5 nitrogen and oxygen atoms in total. The van der Waals surface area contributed by atoms with E-state index in [2.05, 4.69) is 10.3 Å². The highest BCUT2D eigenvalue weighted by molar-refractivity contribution is 5.78. The zero-order valence-corrected chi connectivity index (χ0v) is 7.64. The molecule has 5 heteroatoms. The van der Waals surface area contributed by atoms with E-state index in [9.17, 15) is 9.59 Å². The Kier molecular flexibility index (Phi) is 2.30. The van der Waals surface area contributed by atoms with Crippen molar-refractivity contribution in [2.24, 2.45) is 0 Å². The third-order valence-corrected chi connectivity index (χ3v) is 2.29. The van der Waals surface area contributed by atoms with Crippen LogP contribution in [-0.4, -0.2) is 21.5 Å². The molecule has 1 amide bonds. The molecule has 1 fully saturated rings. The maximum atomic E-state index is 11.3. The van der Waals surface area contributed by atoms with Crippen LogP contribution in [0.25, 0.3) is 0 Å². The quantitative estimate of drug-likeness (QED) is 0.690. The maximum absolute atomic E-state index is 11.3. The van der Waals surface area contributed by atoms with Crippen molar-refractivity contribution in [3.8, 4) is 0 Å². The number of hydrogen-bond donors (Lipinski definition) is 1. The van der Waals surface area contributed by atoms with Crippen LogP contribution in [0.4, 0.5) is 0 Å². The molecule has 1 aromatic heterocycles. The average molecular weight is 193 g/mol. The molecule has 1 unspecified atom stereocenters. The molecule has 0 spiro atoms. The fourth-order valence-corrected chi connectivity index (χ4v) is 1.57. The van der Waals surface area contributed by atoms with Crippen molar-refractivity contribution >= 4 is 5.91 Å². The largest absolute Gasteiger partial charge is 0.352 e. The summed E-state index contributed by atoms with van der Waals surface area (Å²) >= 11 is 0. The topological polar surface area (TPSA) is 64.0 Å². The van der Waals surface area contributed by atoms with E-state index in [1.807, 2.05) is 0 Å². The molecular weight excluding hydrogens is 182 g/mol. The fraction of sp³-hybridized carbons (Fsp3) is 0.444. The van der Waals surface area contributed by atoms with E-state index >= 15 is 0 Å². The number of nitrogens with zero attached hydrogens (tertiary/aromatic N) is 2. The molecule has 1 aromatic rings. The molecule has 2 rings (SSSR count). The predicted molar refractivity (Wildman–Crippen MR) is 49.7 cm³/mol. The Hall–Kier alpha value is -1.65. The van der Waals surface area contributed by atoms with Gasteiger partial charge in [0.2, 0.25) is 5.91 Å². The second-order valence-corrected chi connectivity index (χ2v) is 3.37. The van der Waals surface area contributed by atoms with Crippen LogP contribution >= 0.6 is 0 Å². The second kappa shape index (κ2) is 3.61. The third-order valence-electron chi connectivity index (χ3n) is 2.29. The van der Waals surface area contributed by atoms with Crippen LogP contribution in [0.2, 0.25) is 0 Å². The number of carbonyl (C=O) groups excluding carboxylic acids is 1. The molecule has 0 aliphatic carbocycles. The molecule has 14 heavy (non-hydrogen) atoms. The van der Waals surface area contributed by atoms with E-state index in [0.29, 0.717) is 13.0 Å². The number of amides is 1. The zero-order valence-electron chi connectivity index (χ0n) is 7.64. The van der Waals surface area contributed by atoms with Crippen molar-refractivity contribution in [3.63, 3.8) is 0 Å². The first-order valence-corrected chi connectivity index (χ1v) is 4.55. The van der Waals surface area contributed by atoms with Crippen LogP contribution in [0.5, 0.6) is 0 Å². The zero-order chi connectivity index (χ0) is 9.97. The van der Waals surface area contributed by atoms with E-state index in [4.69, 9.17) is 0 Å². The highest BCUT2D eigenvalue weighted by Crippen LogP contribution is 2.07. The molecule has 1 aliphatic rings. The van der Waals surface area contributed by atoms with Gasteiger partial charge in [-0.15, -0.1) is 0 Å². The third kappa shape index (κ3) is 1.81. The van der Waals surface area contributed by atoms with Gasteiger partial charge in [-0.1, -0.05) is 0 Å². The molecule has 2 heterocycles. The Morgan fingerprint density at radius 3 is 3.07 bits per heavy atom. The first-order valence-electron chi connectivity index (χ1n) is 4.55. The molecule has 0 bridgehead atoms. The van der Waals surface area contributed by atoms with Crippen molar-refractivity contribution < 1.29 is 4.79 Å². The molecule has 1 atom stereocenters. The van der Waals surface area contributed by atoms with E-state index in [0.717, 1.165) is 6.42 Å². The van der Waals surface area contributed by atoms with Crippen LogP contribution < -0.4 is 10.9 Å². The summed E-state index contributed by atoms with van der Waals surface area (Å²) < 4.78 is 1.51. The molecule has 1 aliphatic heterocycles. The molecule has 74 valence electrons. The lowest BCUT2D eigenvalue weighted by atomic mass is 10.2. The minimum absolute atomic E-state index is 0.0620. The van der Waals surface area contributed by atoms with Crippen LogP contribution in [0.15, 0.2) is 23.4 Å². The predicted octanol–water partition coefficient (Wildman–Crippen LogP) is -0.478. The summed E-state index contributed by atoms with van der Waals surface area (Å²) in [7, 11) is 0. The number of hydrogen-bond acceptors (Lipinski definition) is 3. The van der Waals surface area contributed by atoms with Gasteiger partial charge < -0.3 is 5.32 Å². The summed E-state index contributed by atoms with van der Waals surface area (Å²) in [5, 5.41) is 2.80. The standard InChI is InChI=1S/C9H11N3O2/c13-8-2-1-7(11-8)5-12-6-10-4-3-9(12)14/h3-4,6-7H,1-2,5H2,(H,11,13). The molecular formula is C9H11N3O2. The van der Waals surface area contributed by atoms with Gasteiger partial charge in [-0.3, -0.25) is 14.2 Å². The van der Waals surface area contributed by atoms with E-state index in [-0.39, 0.29) is 17.5 Å². The Labute approximate surface area is 80.8 Å². The first-order chi connectivity index (χ1) is 6.75. The summed E-state index contributed by atoms with van der Waals surface area (Å²) in [6.07, 6.45) is 4.30. The normalized spacial score (nSPS) is 20.9. The van der Waals surface area contributed by atoms with Crippen LogP contribution in [0, 0.1) is 0 Å². The monoisotopic (exact) mass is 193 g/mol. The molecule has 0 radical (unpaired) electrons. The van der Waals surface area contributed by atoms with Gasteiger partial charge >= 0.3 is 0 Å². The number of carbonyl (C=O) groups is 1. The van der Waals surface area contributed by atoms with Crippen molar-refractivity contribution in [2.45, 2.75) is 25.4 Å². The smallest absolute Gasteiger partial charge is 0.253 e.